The summed E-state index contributed by atoms with van der Waals surface area (Å²) in [6, 6.07) is 3.34. The quantitative estimate of drug-likeness (QED) is 0.0299. The van der Waals surface area contributed by atoms with Gasteiger partial charge < -0.3 is 152 Å². The van der Waals surface area contributed by atoms with Crippen LogP contribution in [0.25, 0.3) is 22.3 Å². The van der Waals surface area contributed by atoms with Crippen LogP contribution in [0, 0.1) is 48.9 Å². The Hall–Kier alpha value is -10.7. The number of alkyl halides is 6. The van der Waals surface area contributed by atoms with Crippen LogP contribution in [-0.2, 0) is 48.5 Å². The topological polar surface area (TPSA) is 692 Å². The van der Waals surface area contributed by atoms with Crippen molar-refractivity contribution in [2.45, 2.75) is 176 Å². The number of terminal acetylenes is 1. The number of imidazole rings is 2. The first kappa shape index (κ1) is 97.1. The number of halogens is 6. The van der Waals surface area contributed by atoms with Gasteiger partial charge in [-0.2, -0.15) is 10.5 Å². The van der Waals surface area contributed by atoms with Crippen molar-refractivity contribution in [2.75, 3.05) is 59.7 Å². The van der Waals surface area contributed by atoms with Gasteiger partial charge in [-0.1, -0.05) is 26.3 Å². The first-order valence-corrected chi connectivity index (χ1v) is 36.8. The molecule has 23 N–H and O–H groups in total. The predicted molar refractivity (Wildman–Crippen MR) is 407 cm³/mol. The summed E-state index contributed by atoms with van der Waals surface area (Å²) < 4.78 is 103. The molecule has 4 aromatic heterocycles. The third-order valence-electron chi connectivity index (χ3n) is 21.2. The number of aromatic nitrogens is 8. The monoisotopic (exact) mass is 1780 g/mol. The van der Waals surface area contributed by atoms with Crippen LogP contribution in [0.1, 0.15) is 38.6 Å². The average Bonchev–Trinajstić information content (AvgIpc) is 1.61. The molecule has 14 heterocycles. The van der Waals surface area contributed by atoms with Crippen molar-refractivity contribution < 1.29 is 146 Å². The van der Waals surface area contributed by atoms with E-state index in [1.165, 1.54) is 54.2 Å². The number of carbonyl (C=O) groups is 3. The van der Waals surface area contributed by atoms with E-state index in [0.29, 0.717) is 17.3 Å². The van der Waals surface area contributed by atoms with E-state index >= 15 is 0 Å². The molecule has 0 aliphatic carbocycles. The lowest BCUT2D eigenvalue weighted by Crippen LogP contribution is -2.57. The maximum absolute atomic E-state index is 14.6. The third kappa shape index (κ3) is 16.8. The van der Waals surface area contributed by atoms with Gasteiger partial charge in [-0.3, -0.25) is 42.9 Å². The molecule has 676 valence electrons. The van der Waals surface area contributed by atoms with Gasteiger partial charge in [0.05, 0.1) is 39.4 Å². The number of nitrogens with two attached hydrogens (primary N) is 1. The lowest BCUT2D eigenvalue weighted by atomic mass is 9.89. The van der Waals surface area contributed by atoms with Crippen molar-refractivity contribution >= 4 is 57.5 Å². The van der Waals surface area contributed by atoms with Crippen LogP contribution in [0.4, 0.5) is 22.0 Å². The number of carbonyl (C=O) groups excluding carboxylic acids is 3. The average molecular weight is 1780 g/mol. The Labute approximate surface area is 701 Å². The van der Waals surface area contributed by atoms with Gasteiger partial charge in [-0.15, -0.1) is 18.0 Å². The van der Waals surface area contributed by atoms with Crippen molar-refractivity contribution in [2.24, 2.45) is 10.7 Å². The molecule has 3 amide bonds. The third-order valence-corrected chi connectivity index (χ3v) is 21.7. The first-order chi connectivity index (χ1) is 58.0. The Balaban J connectivity index is 0.000000169. The summed E-state index contributed by atoms with van der Waals surface area (Å²) in [4.78, 5) is 85.4. The molecule has 0 saturated carbocycles. The zero-order valence-corrected chi connectivity index (χ0v) is 66.7. The SMILES string of the molecule is C#C[C@@]1(n2cnc3c(=O)[nH]c(C)nc32)O[C@H](CO)[C@@H](O)[C@H]1F.C=C1N=C(N)C=CN1[C@]1(C#N)O[C@@](CO)(CF)[C@@H](O)[C@H]1O.C=C1NC(=O)C=CN1[C@@H]1O[C@](C)(CO)[C@@H](O)[C@@]1(C)O.C=C1NC(=O)C=CN1[C@@H]1O[C@](F)(CO)[C@@H](O)[C@]1(O)CF.C=C1NC(=O)C=CN1[C@]1(C#N)O[C@@](CO)(CF)[C@@H](O)[C@H]1O.Cc1nc2c(ncn2[C@@H]2O[C@H](CO)[C@@H](O)[C@@]2(C)Cl)c(=O)[nH]1. The normalized spacial score (nSPS) is 37.6. The van der Waals surface area contributed by atoms with E-state index in [1.807, 2.05) is 0 Å². The van der Waals surface area contributed by atoms with Gasteiger partial charge in [0.25, 0.3) is 46.1 Å². The number of hydrogen-bond donors (Lipinski definition) is 22. The Morgan fingerprint density at radius 3 is 1.49 bits per heavy atom. The summed E-state index contributed by atoms with van der Waals surface area (Å²) in [5, 5.41) is 182. The van der Waals surface area contributed by atoms with E-state index in [-0.39, 0.29) is 63.9 Å². The van der Waals surface area contributed by atoms with Crippen LogP contribution < -0.4 is 32.8 Å². The minimum absolute atomic E-state index is 0.0297. The standard InChI is InChI=1S/C13H13FN4O4.C12H15ClN4O4.C12H15FN4O4.C12H14FN3O5.C12H18N2O5.C11H14F2N2O5/c1-3-13(10(14)9(20)7(4-19)22-13)18-5-15-8-11(18)16-6(2)17-12(8)21;1-5-15-9-7(10(20)16-5)14-4-17(9)11-12(2,13)8(19)6(3-18)21-11;1-7-16-8(15)2-3-17(7)12(5-14)10(20)9(19)11(4-13,6-18)21-12;1-7-15-8(18)2-3-16(7)12(5-14)10(20)9(19)11(4-13,6-17)21-12;1-7-13-8(16)4-5-14(7)10-12(3,18)9(17)11(2,6-15)19-10;1-6-14-7(17)2-3-15(6)9-10(19,4-12)8(18)11(13,5-16)20-9/h1,5,7,9-10,19-20H,4H2,2H3,(H,16,17,21);4,6,8,11,18-19H,3H2,1-2H3,(H,15,16,20);2-3,9-10,18-20H,1,4,6H2,(H2,15,16);2-3,9-10,17,19-20H,1,4,6H2,(H,15,18);4-5,9-10,15,17-18H,1,6H2,2-3H3,(H,13,16);2-3,8-9,16,18-19H,1,4-5H2,(H,14,17)/t7-,9-,10-,13-;6-,8-,11-,12-;2*9-,10+,11+,12+;9-,10-,11-,12-;8-,9+,10+,11+/m110010/s1. The number of aliphatic hydroxyl groups excluding tert-OH is 14. The van der Waals surface area contributed by atoms with E-state index in [9.17, 15) is 128 Å². The highest BCUT2D eigenvalue weighted by atomic mass is 35.5. The second kappa shape index (κ2) is 36.5. The van der Waals surface area contributed by atoms with Gasteiger partial charge in [-0.25, -0.2) is 46.9 Å². The summed E-state index contributed by atoms with van der Waals surface area (Å²) in [6.07, 6.45) is -3.57. The highest BCUT2D eigenvalue weighted by Gasteiger charge is 2.70. The maximum Gasteiger partial charge on any atom is 0.279 e. The number of rotatable bonds is 15. The minimum atomic E-state index is -3.03. The van der Waals surface area contributed by atoms with Gasteiger partial charge in [-0.05, 0) is 46.6 Å². The zero-order valence-electron chi connectivity index (χ0n) is 65.9. The smallest absolute Gasteiger partial charge is 0.279 e. The van der Waals surface area contributed by atoms with Gasteiger partial charge in [0.2, 0.25) is 5.72 Å². The largest absolute Gasteiger partial charge is 0.394 e. The van der Waals surface area contributed by atoms with Gasteiger partial charge in [0.15, 0.2) is 70.1 Å². The first-order valence-electron chi connectivity index (χ1n) is 36.5. The number of amides is 3. The molecule has 52 heteroatoms. The number of aliphatic hydroxyl groups is 16. The van der Waals surface area contributed by atoms with Crippen molar-refractivity contribution in [1.29, 1.82) is 10.5 Å². The van der Waals surface area contributed by atoms with E-state index in [4.69, 9.17) is 62.4 Å². The number of amidine groups is 1. The van der Waals surface area contributed by atoms with E-state index < -0.39 is 212 Å². The van der Waals surface area contributed by atoms with Crippen LogP contribution in [-0.4, -0.2) is 353 Å². The molecular formula is C72H89ClF5N19O27. The molecule has 6 saturated heterocycles. The van der Waals surface area contributed by atoms with E-state index in [2.05, 4.69) is 83.1 Å². The summed E-state index contributed by atoms with van der Waals surface area (Å²) in [7, 11) is 0. The molecule has 0 radical (unpaired) electrons. The Kier molecular flexibility index (Phi) is 28.6. The van der Waals surface area contributed by atoms with Crippen LogP contribution in [0.15, 0.2) is 126 Å². The van der Waals surface area contributed by atoms with Gasteiger partial charge in [0, 0.05) is 43.0 Å². The number of aliphatic imine (C=N–C) groups is 1. The molecule has 6 fully saturated rings. The lowest BCUT2D eigenvalue weighted by molar-refractivity contribution is -0.210. The number of nitriles is 2. The molecule has 14 rings (SSSR count). The number of nitrogens with zero attached hydrogens (tertiary/aromatic N) is 13. The molecule has 0 unspecified atom stereocenters. The Morgan fingerprint density at radius 2 is 1.07 bits per heavy atom. The van der Waals surface area contributed by atoms with Crippen LogP contribution in [0.3, 0.4) is 0 Å². The lowest BCUT2D eigenvalue weighted by Gasteiger charge is -2.39. The van der Waals surface area contributed by atoms with E-state index in [0.717, 1.165) is 50.1 Å². The number of fused-ring (bicyclic) bond motifs is 2. The fourth-order valence-electron chi connectivity index (χ4n) is 14.3. The molecule has 24 atom stereocenters. The van der Waals surface area contributed by atoms with Gasteiger partial charge >= 0.3 is 0 Å². The highest BCUT2D eigenvalue weighted by molar-refractivity contribution is 6.24. The molecule has 124 heavy (non-hydrogen) atoms. The second-order valence-electron chi connectivity index (χ2n) is 29.7. The molecular weight excluding hydrogens is 1690 g/mol. The summed E-state index contributed by atoms with van der Waals surface area (Å²) >= 11 is 6.38. The fourth-order valence-corrected chi connectivity index (χ4v) is 14.6. The Morgan fingerprint density at radius 1 is 0.597 bits per heavy atom. The number of aromatic amines is 2. The van der Waals surface area contributed by atoms with Crippen LogP contribution in [0.5, 0.6) is 0 Å². The summed E-state index contributed by atoms with van der Waals surface area (Å²) in [6.45, 7) is 13.2. The van der Waals surface area contributed by atoms with Crippen molar-refractivity contribution in [1.82, 2.24) is 74.6 Å². The van der Waals surface area contributed by atoms with Gasteiger partial charge in [0.1, 0.15) is 157 Å². The molecule has 4 aromatic rings. The fraction of sp³-hybridized carbons (Fsp3) is 0.528. The number of ether oxygens (including phenoxy) is 6. The summed E-state index contributed by atoms with van der Waals surface area (Å²) in [5.74, 6) is -1.36. The van der Waals surface area contributed by atoms with Crippen molar-refractivity contribution in [3.05, 3.63) is 144 Å². The summed E-state index contributed by atoms with van der Waals surface area (Å²) in [5.41, 5.74) is -11.1. The minimum Gasteiger partial charge on any atom is -0.394 e. The molecule has 46 nitrogen and oxygen atoms in total. The molecule has 10 aliphatic heterocycles. The second-order valence-corrected chi connectivity index (χ2v) is 30.5. The number of hydrogen-bond acceptors (Lipinski definition) is 39. The van der Waals surface area contributed by atoms with E-state index in [1.54, 1.807) is 32.9 Å². The maximum atomic E-state index is 14.6. The van der Waals surface area contributed by atoms with Crippen LogP contribution >= 0.6 is 11.6 Å². The van der Waals surface area contributed by atoms with Crippen molar-refractivity contribution in [3.63, 3.8) is 0 Å². The number of nitrogens with one attached hydrogen (secondary N) is 5. The molecule has 10 aliphatic rings. The molecule has 0 bridgehead atoms. The predicted octanol–water partition coefficient (Wildman–Crippen LogP) is -8.03. The number of H-pyrrole nitrogens is 2. The van der Waals surface area contributed by atoms with Crippen molar-refractivity contribution in [3.8, 4) is 24.5 Å². The zero-order chi connectivity index (χ0) is 92.7. The van der Waals surface area contributed by atoms with Crippen LogP contribution in [0.2, 0.25) is 0 Å². The molecule has 0 spiro atoms. The highest BCUT2D eigenvalue weighted by Crippen LogP contribution is 2.49. The molecule has 0 aromatic carbocycles. The Bertz CT molecular complexity index is 5180. The number of aryl methyl sites for hydroxylation is 2.